The molecule has 0 fully saturated rings. The summed E-state index contributed by atoms with van der Waals surface area (Å²) in [7, 11) is 0. The van der Waals surface area contributed by atoms with Crippen LogP contribution < -0.4 is 5.32 Å². The molecule has 0 aliphatic carbocycles. The highest BCUT2D eigenvalue weighted by atomic mass is 35.5. The number of carbonyl (C=O) groups is 2. The highest BCUT2D eigenvalue weighted by Gasteiger charge is 2.27. The van der Waals surface area contributed by atoms with Crippen LogP contribution in [0, 0.1) is 5.82 Å². The molecule has 28 heavy (non-hydrogen) atoms. The molecule has 1 amide bonds. The molecule has 3 aromatic rings. The number of hydrogen-bond donors (Lipinski definition) is 1. The summed E-state index contributed by atoms with van der Waals surface area (Å²) in [6.45, 7) is 0. The fourth-order valence-electron chi connectivity index (χ4n) is 2.53. The summed E-state index contributed by atoms with van der Waals surface area (Å²) in [5.41, 5.74) is 0.505. The number of nitrogens with one attached hydrogen (secondary N) is 1. The number of ether oxygens (including phenoxy) is 1. The Bertz CT molecular complexity index is 991. The fraction of sp³-hybridized carbons (Fsp3) is 0.0476. The van der Waals surface area contributed by atoms with Crippen molar-refractivity contribution >= 4 is 40.8 Å². The van der Waals surface area contributed by atoms with Crippen molar-refractivity contribution in [2.24, 2.45) is 0 Å². The number of amides is 1. The van der Waals surface area contributed by atoms with E-state index >= 15 is 0 Å². The molecule has 0 spiro atoms. The highest BCUT2D eigenvalue weighted by Crippen LogP contribution is 2.26. The van der Waals surface area contributed by atoms with Crippen LogP contribution in [-0.2, 0) is 9.53 Å². The van der Waals surface area contributed by atoms with Crippen molar-refractivity contribution in [3.05, 3.63) is 99.8 Å². The zero-order valence-electron chi connectivity index (χ0n) is 14.4. The van der Waals surface area contributed by atoms with Crippen molar-refractivity contribution in [2.45, 2.75) is 6.10 Å². The molecule has 0 unspecified atom stereocenters. The van der Waals surface area contributed by atoms with Gasteiger partial charge in [0.1, 0.15) is 5.82 Å². The molecule has 0 aliphatic heterocycles. The van der Waals surface area contributed by atoms with Gasteiger partial charge in [-0.1, -0.05) is 65.7 Å². The van der Waals surface area contributed by atoms with Crippen LogP contribution in [0.3, 0.4) is 0 Å². The minimum absolute atomic E-state index is 0.262. The van der Waals surface area contributed by atoms with Gasteiger partial charge in [0.2, 0.25) is 6.10 Å². The second-order valence-corrected chi connectivity index (χ2v) is 6.70. The molecule has 0 saturated carbocycles. The molecular weight excluding hydrogens is 404 g/mol. The quantitative estimate of drug-likeness (QED) is 0.544. The first kappa shape index (κ1) is 19.9. The van der Waals surface area contributed by atoms with Gasteiger partial charge >= 0.3 is 5.97 Å². The summed E-state index contributed by atoms with van der Waals surface area (Å²) in [6, 6.07) is 18.3. The minimum Gasteiger partial charge on any atom is -0.444 e. The van der Waals surface area contributed by atoms with Crippen molar-refractivity contribution < 1.29 is 18.7 Å². The van der Waals surface area contributed by atoms with Crippen LogP contribution in [-0.4, -0.2) is 11.9 Å². The number of hydrogen-bond acceptors (Lipinski definition) is 3. The third-order valence-electron chi connectivity index (χ3n) is 3.79. The molecule has 0 radical (unpaired) electrons. The maximum absolute atomic E-state index is 13.9. The van der Waals surface area contributed by atoms with Crippen molar-refractivity contribution in [3.63, 3.8) is 0 Å². The van der Waals surface area contributed by atoms with Crippen LogP contribution in [0.25, 0.3) is 0 Å². The number of anilines is 1. The maximum Gasteiger partial charge on any atom is 0.342 e. The minimum atomic E-state index is -1.30. The Kier molecular flexibility index (Phi) is 6.29. The van der Waals surface area contributed by atoms with E-state index in [1.807, 2.05) is 0 Å². The Morgan fingerprint density at radius 3 is 2.14 bits per heavy atom. The lowest BCUT2D eigenvalue weighted by molar-refractivity contribution is -0.125. The molecule has 0 heterocycles. The Hall–Kier alpha value is -2.89. The molecule has 0 bridgehead atoms. The monoisotopic (exact) mass is 417 g/mol. The van der Waals surface area contributed by atoms with Crippen LogP contribution in [0.2, 0.25) is 10.0 Å². The largest absolute Gasteiger partial charge is 0.444 e. The smallest absolute Gasteiger partial charge is 0.342 e. The van der Waals surface area contributed by atoms with Crippen molar-refractivity contribution in [1.29, 1.82) is 0 Å². The van der Waals surface area contributed by atoms with E-state index in [2.05, 4.69) is 5.32 Å². The van der Waals surface area contributed by atoms with Crippen LogP contribution >= 0.6 is 23.2 Å². The van der Waals surface area contributed by atoms with Crippen molar-refractivity contribution in [1.82, 2.24) is 0 Å². The molecule has 1 N–H and O–H groups in total. The Morgan fingerprint density at radius 2 is 1.50 bits per heavy atom. The van der Waals surface area contributed by atoms with E-state index in [0.29, 0.717) is 21.3 Å². The molecular formula is C21H14Cl2FNO3. The molecule has 0 aliphatic rings. The normalized spacial score (nSPS) is 11.5. The lowest BCUT2D eigenvalue weighted by atomic mass is 10.1. The van der Waals surface area contributed by atoms with E-state index in [-0.39, 0.29) is 5.56 Å². The summed E-state index contributed by atoms with van der Waals surface area (Å²) >= 11 is 11.9. The van der Waals surface area contributed by atoms with E-state index in [1.165, 1.54) is 36.4 Å². The molecule has 1 atom stereocenters. The van der Waals surface area contributed by atoms with Gasteiger partial charge in [-0.25, -0.2) is 9.18 Å². The molecule has 142 valence electrons. The van der Waals surface area contributed by atoms with Crippen LogP contribution in [0.15, 0.2) is 72.8 Å². The lowest BCUT2D eigenvalue weighted by Crippen LogP contribution is -2.26. The number of benzene rings is 3. The third kappa shape index (κ3) is 4.88. The second-order valence-electron chi connectivity index (χ2n) is 5.82. The van der Waals surface area contributed by atoms with Gasteiger partial charge in [-0.15, -0.1) is 0 Å². The molecule has 4 nitrogen and oxygen atoms in total. The molecule has 0 aromatic heterocycles. The van der Waals surface area contributed by atoms with Crippen LogP contribution in [0.4, 0.5) is 10.1 Å². The first-order valence-electron chi connectivity index (χ1n) is 8.21. The Labute approximate surface area is 170 Å². The van der Waals surface area contributed by atoms with E-state index in [4.69, 9.17) is 27.9 Å². The Morgan fingerprint density at radius 1 is 0.893 bits per heavy atom. The predicted octanol–water partition coefficient (Wildman–Crippen LogP) is 5.67. The van der Waals surface area contributed by atoms with E-state index < -0.39 is 23.8 Å². The Balaban J connectivity index is 1.88. The van der Waals surface area contributed by atoms with Crippen LogP contribution in [0.5, 0.6) is 0 Å². The summed E-state index contributed by atoms with van der Waals surface area (Å²) in [4.78, 5) is 25.2. The number of carbonyl (C=O) groups excluding carboxylic acids is 2. The standard InChI is InChI=1S/C21H14Cl2FNO3/c22-14-10-15(23)12-16(11-14)25-20(26)19(13-6-2-1-3-7-13)28-21(27)17-8-4-5-9-18(17)24/h1-12,19H,(H,25,26)/t19-/m1/s1. The predicted molar refractivity (Wildman–Crippen MR) is 106 cm³/mol. The van der Waals surface area contributed by atoms with Gasteiger partial charge in [0.15, 0.2) is 0 Å². The van der Waals surface area contributed by atoms with E-state index in [1.54, 1.807) is 30.3 Å². The summed E-state index contributed by atoms with van der Waals surface area (Å²) in [5, 5.41) is 3.29. The van der Waals surface area contributed by atoms with Gasteiger partial charge in [0, 0.05) is 21.3 Å². The maximum atomic E-state index is 13.9. The molecule has 0 saturated heterocycles. The summed E-state index contributed by atoms with van der Waals surface area (Å²) < 4.78 is 19.2. The summed E-state index contributed by atoms with van der Waals surface area (Å²) in [6.07, 6.45) is -1.30. The lowest BCUT2D eigenvalue weighted by Gasteiger charge is -2.18. The number of esters is 1. The SMILES string of the molecule is O=C(O[C@@H](C(=O)Nc1cc(Cl)cc(Cl)c1)c1ccccc1)c1ccccc1F. The highest BCUT2D eigenvalue weighted by molar-refractivity contribution is 6.35. The average Bonchev–Trinajstić information content (AvgIpc) is 2.66. The van der Waals surface area contributed by atoms with E-state index in [0.717, 1.165) is 6.07 Å². The van der Waals surface area contributed by atoms with Gasteiger partial charge in [-0.2, -0.15) is 0 Å². The van der Waals surface area contributed by atoms with E-state index in [9.17, 15) is 14.0 Å². The molecule has 3 rings (SSSR count). The third-order valence-corrected chi connectivity index (χ3v) is 4.23. The summed E-state index contributed by atoms with van der Waals surface area (Å²) in [5.74, 6) is -2.32. The number of rotatable bonds is 5. The first-order valence-corrected chi connectivity index (χ1v) is 8.97. The molecule has 3 aromatic carbocycles. The average molecular weight is 418 g/mol. The van der Waals surface area contributed by atoms with Crippen molar-refractivity contribution in [2.75, 3.05) is 5.32 Å². The van der Waals surface area contributed by atoms with Gasteiger partial charge < -0.3 is 10.1 Å². The first-order chi connectivity index (χ1) is 13.4. The zero-order chi connectivity index (χ0) is 20.1. The van der Waals surface area contributed by atoms with Crippen LogP contribution in [0.1, 0.15) is 22.0 Å². The van der Waals surface area contributed by atoms with Gasteiger partial charge in [0.05, 0.1) is 5.56 Å². The van der Waals surface area contributed by atoms with Gasteiger partial charge in [-0.05, 0) is 30.3 Å². The molecule has 7 heteroatoms. The topological polar surface area (TPSA) is 55.4 Å². The zero-order valence-corrected chi connectivity index (χ0v) is 15.9. The van der Waals surface area contributed by atoms with Crippen molar-refractivity contribution in [3.8, 4) is 0 Å². The second kappa shape index (κ2) is 8.87. The van der Waals surface area contributed by atoms with Gasteiger partial charge in [0.25, 0.3) is 5.91 Å². The fourth-order valence-corrected chi connectivity index (χ4v) is 3.06. The van der Waals surface area contributed by atoms with Gasteiger partial charge in [-0.3, -0.25) is 4.79 Å². The number of halogens is 3.